The first kappa shape index (κ1) is 25.7. The molecule has 3 N–H and O–H groups in total. The maximum Gasteiger partial charge on any atom is 0.490 e. The highest BCUT2D eigenvalue weighted by Crippen LogP contribution is 2.40. The van der Waals surface area contributed by atoms with Crippen molar-refractivity contribution in [3.8, 4) is 11.1 Å². The molecule has 0 radical (unpaired) electrons. The lowest BCUT2D eigenvalue weighted by Gasteiger charge is -2.26. The number of carboxylic acid groups (broad SMARTS) is 1. The van der Waals surface area contributed by atoms with Gasteiger partial charge in [-0.2, -0.15) is 13.2 Å². The van der Waals surface area contributed by atoms with Gasteiger partial charge >= 0.3 is 12.1 Å². The topological polar surface area (TPSA) is 96.0 Å². The van der Waals surface area contributed by atoms with Crippen LogP contribution in [0.15, 0.2) is 77.8 Å². The van der Waals surface area contributed by atoms with Crippen LogP contribution in [-0.2, 0) is 15.1 Å². The van der Waals surface area contributed by atoms with Gasteiger partial charge in [-0.05, 0) is 40.5 Å². The van der Waals surface area contributed by atoms with Gasteiger partial charge in [0.15, 0.2) is 11.5 Å². The van der Waals surface area contributed by atoms with Gasteiger partial charge in [0.25, 0.3) is 5.91 Å². The van der Waals surface area contributed by atoms with E-state index < -0.39 is 23.5 Å². The highest BCUT2D eigenvalue weighted by molar-refractivity contribution is 6.31. The Morgan fingerprint density at radius 2 is 1.57 bits per heavy atom. The van der Waals surface area contributed by atoms with Crippen LogP contribution in [0.25, 0.3) is 11.1 Å². The first-order valence-electron chi connectivity index (χ1n) is 9.93. The standard InChI is InChI=1S/C22H17ClFN3O.C2HF3O2/c1-27-20(28)22(26-21(27)25,16-7-3-2-4-8-16)17-9-5-6-14(12-17)15-10-11-19(24)18(23)13-15;3-2(4,5)1(6)7/h2-13H,1H3,(H2,25,26);(H,6,7). The smallest absolute Gasteiger partial charge is 0.475 e. The summed E-state index contributed by atoms with van der Waals surface area (Å²) < 4.78 is 45.3. The third-order valence-electron chi connectivity index (χ3n) is 5.21. The second-order valence-corrected chi connectivity index (χ2v) is 7.83. The van der Waals surface area contributed by atoms with Crippen molar-refractivity contribution in [2.24, 2.45) is 10.7 Å². The number of rotatable bonds is 3. The van der Waals surface area contributed by atoms with E-state index in [0.29, 0.717) is 5.56 Å². The second-order valence-electron chi connectivity index (χ2n) is 7.42. The molecule has 0 saturated heterocycles. The number of aliphatic imine (C=N–C) groups is 1. The highest BCUT2D eigenvalue weighted by Gasteiger charge is 2.49. The number of aliphatic carboxylic acids is 1. The molecule has 1 aliphatic rings. The van der Waals surface area contributed by atoms with Crippen molar-refractivity contribution in [2.45, 2.75) is 11.7 Å². The third-order valence-corrected chi connectivity index (χ3v) is 5.50. The largest absolute Gasteiger partial charge is 0.490 e. The molecule has 1 unspecified atom stereocenters. The van der Waals surface area contributed by atoms with Crippen LogP contribution in [0.2, 0.25) is 5.02 Å². The lowest BCUT2D eigenvalue weighted by atomic mass is 9.82. The Labute approximate surface area is 202 Å². The molecule has 6 nitrogen and oxygen atoms in total. The molecular formula is C24H18ClF4N3O3. The SMILES string of the molecule is CN1C(=O)C(c2ccccc2)(c2cccc(-c3ccc(F)c(Cl)c3)c2)N=C1N.O=C(O)C(F)(F)F. The molecule has 1 amide bonds. The lowest BCUT2D eigenvalue weighted by Crippen LogP contribution is -2.41. The van der Waals surface area contributed by atoms with E-state index in [0.717, 1.165) is 16.7 Å². The number of nitrogens with two attached hydrogens (primary N) is 1. The van der Waals surface area contributed by atoms with Crippen LogP contribution in [0.3, 0.4) is 0 Å². The summed E-state index contributed by atoms with van der Waals surface area (Å²) in [7, 11) is 1.61. The van der Waals surface area contributed by atoms with E-state index in [1.165, 1.54) is 11.0 Å². The first-order chi connectivity index (χ1) is 16.4. The predicted octanol–water partition coefficient (Wildman–Crippen LogP) is 4.81. The van der Waals surface area contributed by atoms with Gasteiger partial charge in [-0.3, -0.25) is 9.69 Å². The van der Waals surface area contributed by atoms with Gasteiger partial charge in [0.1, 0.15) is 5.82 Å². The summed E-state index contributed by atoms with van der Waals surface area (Å²) in [6.45, 7) is 0. The van der Waals surface area contributed by atoms with E-state index in [1.807, 2.05) is 54.6 Å². The molecular weight excluding hydrogens is 490 g/mol. The van der Waals surface area contributed by atoms with Crippen LogP contribution in [0.4, 0.5) is 17.6 Å². The maximum atomic E-state index is 13.5. The summed E-state index contributed by atoms with van der Waals surface area (Å²) in [4.78, 5) is 28.1. The number of halogens is 5. The van der Waals surface area contributed by atoms with Crippen molar-refractivity contribution >= 4 is 29.4 Å². The summed E-state index contributed by atoms with van der Waals surface area (Å²) in [5.41, 5.74) is 7.68. The molecule has 0 aliphatic carbocycles. The van der Waals surface area contributed by atoms with E-state index in [1.54, 1.807) is 19.2 Å². The molecule has 11 heteroatoms. The molecule has 35 heavy (non-hydrogen) atoms. The van der Waals surface area contributed by atoms with Gasteiger partial charge in [-0.1, -0.05) is 66.2 Å². The van der Waals surface area contributed by atoms with Crippen LogP contribution in [0.1, 0.15) is 11.1 Å². The Morgan fingerprint density at radius 1 is 1.00 bits per heavy atom. The van der Waals surface area contributed by atoms with Crippen LogP contribution >= 0.6 is 11.6 Å². The number of carbonyl (C=O) groups is 2. The summed E-state index contributed by atoms with van der Waals surface area (Å²) in [6.07, 6.45) is -5.08. The average molecular weight is 508 g/mol. The predicted molar refractivity (Wildman–Crippen MR) is 122 cm³/mol. The van der Waals surface area contributed by atoms with Crippen molar-refractivity contribution < 1.29 is 32.3 Å². The highest BCUT2D eigenvalue weighted by atomic mass is 35.5. The molecule has 1 aliphatic heterocycles. The Hall–Kier alpha value is -3.92. The number of hydrogen-bond donors (Lipinski definition) is 2. The van der Waals surface area contributed by atoms with Gasteiger partial charge in [-0.15, -0.1) is 0 Å². The van der Waals surface area contributed by atoms with Gasteiger partial charge in [0, 0.05) is 7.05 Å². The van der Waals surface area contributed by atoms with E-state index in [4.69, 9.17) is 27.2 Å². The van der Waals surface area contributed by atoms with Crippen LogP contribution < -0.4 is 5.73 Å². The number of carbonyl (C=O) groups excluding carboxylic acids is 1. The van der Waals surface area contributed by atoms with E-state index >= 15 is 0 Å². The Balaban J connectivity index is 0.000000429. The van der Waals surface area contributed by atoms with E-state index in [2.05, 4.69) is 4.99 Å². The fourth-order valence-electron chi connectivity index (χ4n) is 3.46. The average Bonchev–Trinajstić information content (AvgIpc) is 3.06. The number of alkyl halides is 3. The van der Waals surface area contributed by atoms with Crippen LogP contribution in [-0.4, -0.2) is 41.1 Å². The van der Waals surface area contributed by atoms with Crippen LogP contribution in [0.5, 0.6) is 0 Å². The van der Waals surface area contributed by atoms with Gasteiger partial charge in [0.2, 0.25) is 0 Å². The van der Waals surface area contributed by atoms with Gasteiger partial charge in [-0.25, -0.2) is 14.2 Å². The Bertz CT molecular complexity index is 1300. The number of likely N-dealkylation sites (N-methyl/N-ethyl adjacent to an activating group) is 1. The number of benzene rings is 3. The van der Waals surface area contributed by atoms with Crippen LogP contribution in [0, 0.1) is 5.82 Å². The second kappa shape index (κ2) is 9.75. The number of amides is 1. The lowest BCUT2D eigenvalue weighted by molar-refractivity contribution is -0.192. The fraction of sp³-hybridized carbons (Fsp3) is 0.125. The number of nitrogens with zero attached hydrogens (tertiary/aromatic N) is 2. The summed E-state index contributed by atoms with van der Waals surface area (Å²) in [5.74, 6) is -3.31. The molecule has 0 spiro atoms. The molecule has 3 aromatic rings. The normalized spacial score (nSPS) is 17.5. The van der Waals surface area contributed by atoms with E-state index in [9.17, 15) is 22.4 Å². The molecule has 182 valence electrons. The monoisotopic (exact) mass is 507 g/mol. The Morgan fingerprint density at radius 3 is 2.09 bits per heavy atom. The minimum Gasteiger partial charge on any atom is -0.475 e. The Kier molecular flexibility index (Phi) is 7.16. The first-order valence-corrected chi connectivity index (χ1v) is 10.3. The quantitative estimate of drug-likeness (QED) is 0.497. The van der Waals surface area contributed by atoms with Crippen molar-refractivity contribution in [2.75, 3.05) is 7.05 Å². The van der Waals surface area contributed by atoms with Crippen molar-refractivity contribution in [3.05, 3.63) is 94.8 Å². The maximum absolute atomic E-state index is 13.5. The zero-order valence-corrected chi connectivity index (χ0v) is 18.8. The van der Waals surface area contributed by atoms with E-state index in [-0.39, 0.29) is 16.9 Å². The van der Waals surface area contributed by atoms with Gasteiger partial charge in [0.05, 0.1) is 5.02 Å². The number of guanidine groups is 1. The minimum atomic E-state index is -5.08. The number of hydrogen-bond acceptors (Lipinski definition) is 4. The summed E-state index contributed by atoms with van der Waals surface area (Å²) in [5, 5.41) is 7.17. The number of carboxylic acids is 1. The molecule has 0 bridgehead atoms. The zero-order chi connectivity index (χ0) is 26.0. The van der Waals surface area contributed by atoms with Crippen molar-refractivity contribution in [3.63, 3.8) is 0 Å². The molecule has 3 aromatic carbocycles. The third kappa shape index (κ3) is 5.12. The molecule has 1 atom stereocenters. The molecule has 0 aromatic heterocycles. The zero-order valence-electron chi connectivity index (χ0n) is 18.1. The van der Waals surface area contributed by atoms with Crippen molar-refractivity contribution in [1.29, 1.82) is 0 Å². The molecule has 4 rings (SSSR count). The summed E-state index contributed by atoms with van der Waals surface area (Å²) in [6, 6.07) is 21.3. The minimum absolute atomic E-state index is 0.0413. The molecule has 0 saturated carbocycles. The fourth-order valence-corrected chi connectivity index (χ4v) is 3.64. The summed E-state index contributed by atoms with van der Waals surface area (Å²) >= 11 is 5.94. The molecule has 0 fully saturated rings. The van der Waals surface area contributed by atoms with Crippen molar-refractivity contribution in [1.82, 2.24) is 4.90 Å². The molecule has 1 heterocycles. The van der Waals surface area contributed by atoms with Gasteiger partial charge < -0.3 is 10.8 Å².